The number of halogens is 2. The third-order valence-corrected chi connectivity index (χ3v) is 2.96. The van der Waals surface area contributed by atoms with E-state index in [1.807, 2.05) is 0 Å². The molecule has 1 aromatic rings. The number of benzene rings is 1. The molecule has 3 heteroatoms. The van der Waals surface area contributed by atoms with Crippen LogP contribution in [0.4, 0.5) is 8.78 Å². The van der Waals surface area contributed by atoms with E-state index in [2.05, 4.69) is 0 Å². The quantitative estimate of drug-likeness (QED) is 0.709. The molecule has 1 aliphatic rings. The maximum absolute atomic E-state index is 13.1. The molecule has 1 nitrogen and oxygen atoms in total. The highest BCUT2D eigenvalue weighted by Gasteiger charge is 2.68. The molecule has 0 radical (unpaired) electrons. The first kappa shape index (κ1) is 9.44. The summed E-state index contributed by atoms with van der Waals surface area (Å²) in [5, 5.41) is 0. The Morgan fingerprint density at radius 1 is 1.36 bits per heavy atom. The second-order valence-electron chi connectivity index (χ2n) is 3.95. The van der Waals surface area contributed by atoms with Gasteiger partial charge in [0.25, 0.3) is 5.92 Å². The summed E-state index contributed by atoms with van der Waals surface area (Å²) in [7, 11) is 1.53. The fraction of sp³-hybridized carbons (Fsp3) is 0.455. The van der Waals surface area contributed by atoms with Gasteiger partial charge in [0.2, 0.25) is 0 Å². The maximum Gasteiger partial charge on any atom is 0.258 e. The van der Waals surface area contributed by atoms with E-state index in [-0.39, 0.29) is 6.42 Å². The van der Waals surface area contributed by atoms with Crippen LogP contribution in [-0.2, 0) is 5.41 Å². The molecule has 1 unspecified atom stereocenters. The Balaban J connectivity index is 2.34. The average molecular weight is 198 g/mol. The number of rotatable bonds is 2. The summed E-state index contributed by atoms with van der Waals surface area (Å²) in [5.41, 5.74) is -0.330. The Kier molecular flexibility index (Phi) is 1.81. The number of methoxy groups -OCH3 is 1. The van der Waals surface area contributed by atoms with Crippen LogP contribution in [0.2, 0.25) is 0 Å². The second-order valence-corrected chi connectivity index (χ2v) is 3.95. The fourth-order valence-corrected chi connectivity index (χ4v) is 1.68. The van der Waals surface area contributed by atoms with Crippen molar-refractivity contribution in [3.63, 3.8) is 0 Å². The van der Waals surface area contributed by atoms with E-state index in [0.717, 1.165) is 0 Å². The minimum atomic E-state index is -2.56. The molecule has 0 N–H and O–H groups in total. The summed E-state index contributed by atoms with van der Waals surface area (Å²) in [6, 6.07) is 6.91. The monoisotopic (exact) mass is 198 g/mol. The van der Waals surface area contributed by atoms with Gasteiger partial charge in [-0.3, -0.25) is 0 Å². The third-order valence-electron chi connectivity index (χ3n) is 2.96. The zero-order valence-electron chi connectivity index (χ0n) is 8.18. The molecule has 1 aliphatic carbocycles. The molecule has 14 heavy (non-hydrogen) atoms. The van der Waals surface area contributed by atoms with Crippen molar-refractivity contribution in [3.05, 3.63) is 29.8 Å². The van der Waals surface area contributed by atoms with Crippen molar-refractivity contribution in [3.8, 4) is 5.75 Å². The molecule has 76 valence electrons. The van der Waals surface area contributed by atoms with E-state index >= 15 is 0 Å². The van der Waals surface area contributed by atoms with Gasteiger partial charge in [-0.1, -0.05) is 12.1 Å². The number of hydrogen-bond donors (Lipinski definition) is 0. The van der Waals surface area contributed by atoms with E-state index in [1.165, 1.54) is 7.11 Å². The van der Waals surface area contributed by atoms with Gasteiger partial charge < -0.3 is 4.74 Å². The SMILES string of the molecule is COc1cccc(C2(C)CC2(F)F)c1. The molecule has 1 fully saturated rings. The Bertz CT molecular complexity index is 362. The van der Waals surface area contributed by atoms with Gasteiger partial charge in [-0.15, -0.1) is 0 Å². The van der Waals surface area contributed by atoms with Crippen LogP contribution in [-0.4, -0.2) is 13.0 Å². The van der Waals surface area contributed by atoms with Crippen molar-refractivity contribution >= 4 is 0 Å². The highest BCUT2D eigenvalue weighted by Crippen LogP contribution is 2.61. The first-order valence-corrected chi connectivity index (χ1v) is 4.52. The molecule has 1 aromatic carbocycles. The topological polar surface area (TPSA) is 9.23 Å². The molecule has 0 aliphatic heterocycles. The van der Waals surface area contributed by atoms with Crippen LogP contribution in [0, 0.1) is 0 Å². The molecule has 0 heterocycles. The van der Waals surface area contributed by atoms with Gasteiger partial charge >= 0.3 is 0 Å². The summed E-state index contributed by atoms with van der Waals surface area (Å²) in [5.74, 6) is -1.93. The first-order valence-electron chi connectivity index (χ1n) is 4.52. The van der Waals surface area contributed by atoms with Crippen LogP contribution in [0.3, 0.4) is 0 Å². The van der Waals surface area contributed by atoms with Gasteiger partial charge in [-0.05, 0) is 24.6 Å². The summed E-state index contributed by atoms with van der Waals surface area (Å²) in [6.07, 6.45) is -0.0623. The van der Waals surface area contributed by atoms with Gasteiger partial charge in [-0.2, -0.15) is 0 Å². The zero-order chi connectivity index (χ0) is 10.4. The van der Waals surface area contributed by atoms with Crippen LogP contribution in [0.5, 0.6) is 5.75 Å². The van der Waals surface area contributed by atoms with Gasteiger partial charge in [0.1, 0.15) is 5.75 Å². The van der Waals surface area contributed by atoms with Crippen LogP contribution >= 0.6 is 0 Å². The van der Waals surface area contributed by atoms with Crippen LogP contribution in [0.25, 0.3) is 0 Å². The van der Waals surface area contributed by atoms with Gasteiger partial charge in [0, 0.05) is 6.42 Å². The van der Waals surface area contributed by atoms with E-state index in [9.17, 15) is 8.78 Å². The van der Waals surface area contributed by atoms with Gasteiger partial charge in [-0.25, -0.2) is 8.78 Å². The van der Waals surface area contributed by atoms with Crippen molar-refractivity contribution in [1.82, 2.24) is 0 Å². The van der Waals surface area contributed by atoms with Crippen molar-refractivity contribution in [1.29, 1.82) is 0 Å². The van der Waals surface area contributed by atoms with Crippen molar-refractivity contribution in [2.24, 2.45) is 0 Å². The standard InChI is InChI=1S/C11H12F2O/c1-10(7-11(10,12)13)8-4-3-5-9(6-8)14-2/h3-6H,7H2,1-2H3. The Labute approximate surface area is 81.7 Å². The average Bonchev–Trinajstić information content (AvgIpc) is 2.68. The lowest BCUT2D eigenvalue weighted by molar-refractivity contribution is 0.0920. The highest BCUT2D eigenvalue weighted by atomic mass is 19.3. The third kappa shape index (κ3) is 1.19. The predicted octanol–water partition coefficient (Wildman–Crippen LogP) is 2.99. The van der Waals surface area contributed by atoms with Crippen LogP contribution in [0.15, 0.2) is 24.3 Å². The van der Waals surface area contributed by atoms with Crippen LogP contribution < -0.4 is 4.74 Å². The van der Waals surface area contributed by atoms with Gasteiger partial charge in [0.15, 0.2) is 0 Å². The van der Waals surface area contributed by atoms with E-state index < -0.39 is 11.3 Å². The van der Waals surface area contributed by atoms with E-state index in [4.69, 9.17) is 4.74 Å². The molecule has 1 saturated carbocycles. The Morgan fingerprint density at radius 3 is 2.50 bits per heavy atom. The summed E-state index contributed by atoms with van der Waals surface area (Å²) in [6.45, 7) is 1.59. The van der Waals surface area contributed by atoms with E-state index in [0.29, 0.717) is 11.3 Å². The van der Waals surface area contributed by atoms with Crippen molar-refractivity contribution in [2.75, 3.05) is 7.11 Å². The van der Waals surface area contributed by atoms with Crippen molar-refractivity contribution < 1.29 is 13.5 Å². The second kappa shape index (κ2) is 2.69. The lowest BCUT2D eigenvalue weighted by Crippen LogP contribution is -2.11. The number of alkyl halides is 2. The molecule has 0 bridgehead atoms. The van der Waals surface area contributed by atoms with Gasteiger partial charge in [0.05, 0.1) is 12.5 Å². The molecule has 0 spiro atoms. The molecule has 0 aromatic heterocycles. The maximum atomic E-state index is 13.1. The summed E-state index contributed by atoms with van der Waals surface area (Å²) in [4.78, 5) is 0. The Morgan fingerprint density at radius 2 is 2.00 bits per heavy atom. The summed E-state index contributed by atoms with van der Waals surface area (Å²) < 4.78 is 31.1. The number of hydrogen-bond acceptors (Lipinski definition) is 1. The summed E-state index contributed by atoms with van der Waals surface area (Å²) >= 11 is 0. The normalized spacial score (nSPS) is 28.6. The molecule has 1 atom stereocenters. The minimum Gasteiger partial charge on any atom is -0.497 e. The van der Waals surface area contributed by atoms with E-state index in [1.54, 1.807) is 31.2 Å². The molecular formula is C11H12F2O. The molecule has 2 rings (SSSR count). The lowest BCUT2D eigenvalue weighted by Gasteiger charge is -2.11. The molecular weight excluding hydrogens is 186 g/mol. The molecule has 0 amide bonds. The fourth-order valence-electron chi connectivity index (χ4n) is 1.68. The zero-order valence-corrected chi connectivity index (χ0v) is 8.18. The predicted molar refractivity (Wildman–Crippen MR) is 49.9 cm³/mol. The lowest BCUT2D eigenvalue weighted by atomic mass is 9.97. The van der Waals surface area contributed by atoms with Crippen LogP contribution in [0.1, 0.15) is 18.9 Å². The highest BCUT2D eigenvalue weighted by molar-refractivity contribution is 5.40. The minimum absolute atomic E-state index is 0.0623. The Hall–Kier alpha value is -1.12. The number of ether oxygens (including phenoxy) is 1. The first-order chi connectivity index (χ1) is 6.49. The largest absolute Gasteiger partial charge is 0.497 e. The smallest absolute Gasteiger partial charge is 0.258 e. The molecule has 0 saturated heterocycles. The van der Waals surface area contributed by atoms with Crippen molar-refractivity contribution in [2.45, 2.75) is 24.7 Å².